The standard InChI is InChI=1S/C18H16FNO2/c1-11(2)20-10-15(18(21)22)14-8-7-12(9-17(14)20)13-5-3-4-6-16(13)19/h3-11H,1-2H3,(H,21,22). The summed E-state index contributed by atoms with van der Waals surface area (Å²) in [4.78, 5) is 11.4. The van der Waals surface area contributed by atoms with Crippen LogP contribution in [-0.4, -0.2) is 15.6 Å². The number of hydrogen-bond donors (Lipinski definition) is 1. The van der Waals surface area contributed by atoms with Crippen LogP contribution in [-0.2, 0) is 0 Å². The highest BCUT2D eigenvalue weighted by molar-refractivity contribution is 6.04. The van der Waals surface area contributed by atoms with Gasteiger partial charge in [-0.25, -0.2) is 9.18 Å². The molecule has 0 saturated carbocycles. The van der Waals surface area contributed by atoms with Crippen LogP contribution in [0.5, 0.6) is 0 Å². The third-order valence-corrected chi connectivity index (χ3v) is 3.81. The lowest BCUT2D eigenvalue weighted by Crippen LogP contribution is -1.99. The fourth-order valence-corrected chi connectivity index (χ4v) is 2.71. The van der Waals surface area contributed by atoms with Crippen molar-refractivity contribution in [2.75, 3.05) is 0 Å². The van der Waals surface area contributed by atoms with E-state index in [0.717, 1.165) is 11.1 Å². The van der Waals surface area contributed by atoms with Gasteiger partial charge in [0.15, 0.2) is 0 Å². The second-order valence-electron chi connectivity index (χ2n) is 5.56. The minimum Gasteiger partial charge on any atom is -0.478 e. The van der Waals surface area contributed by atoms with Crippen LogP contribution in [0.15, 0.2) is 48.7 Å². The molecular formula is C18H16FNO2. The molecule has 4 heteroatoms. The molecule has 0 atom stereocenters. The fraction of sp³-hybridized carbons (Fsp3) is 0.167. The first-order valence-electron chi connectivity index (χ1n) is 7.12. The Bertz CT molecular complexity index is 865. The third-order valence-electron chi connectivity index (χ3n) is 3.81. The van der Waals surface area contributed by atoms with Crippen LogP contribution < -0.4 is 0 Å². The summed E-state index contributed by atoms with van der Waals surface area (Å²) in [5.74, 6) is -1.24. The lowest BCUT2D eigenvalue weighted by Gasteiger charge is -2.10. The van der Waals surface area contributed by atoms with Gasteiger partial charge in [0.2, 0.25) is 0 Å². The van der Waals surface area contributed by atoms with E-state index in [1.807, 2.05) is 24.5 Å². The van der Waals surface area contributed by atoms with Crippen molar-refractivity contribution in [2.45, 2.75) is 19.9 Å². The number of carboxylic acid groups (broad SMARTS) is 1. The summed E-state index contributed by atoms with van der Waals surface area (Å²) in [6, 6.07) is 12.0. The summed E-state index contributed by atoms with van der Waals surface area (Å²) in [5, 5.41) is 10.0. The Morgan fingerprint density at radius 1 is 1.18 bits per heavy atom. The molecule has 0 fully saturated rings. The number of carbonyl (C=O) groups is 1. The first-order valence-corrected chi connectivity index (χ1v) is 7.12. The molecule has 0 saturated heterocycles. The number of carboxylic acids is 1. The van der Waals surface area contributed by atoms with Crippen molar-refractivity contribution in [1.29, 1.82) is 0 Å². The zero-order chi connectivity index (χ0) is 15.9. The summed E-state index contributed by atoms with van der Waals surface area (Å²) in [7, 11) is 0. The van der Waals surface area contributed by atoms with E-state index in [2.05, 4.69) is 0 Å². The molecule has 0 aliphatic carbocycles. The predicted octanol–water partition coefficient (Wildman–Crippen LogP) is 4.73. The van der Waals surface area contributed by atoms with E-state index >= 15 is 0 Å². The maximum absolute atomic E-state index is 14.0. The van der Waals surface area contributed by atoms with E-state index in [1.54, 1.807) is 36.5 Å². The highest BCUT2D eigenvalue weighted by atomic mass is 19.1. The summed E-state index contributed by atoms with van der Waals surface area (Å²) in [6.45, 7) is 3.97. The van der Waals surface area contributed by atoms with Crippen LogP contribution in [0.4, 0.5) is 4.39 Å². The average Bonchev–Trinajstić information content (AvgIpc) is 2.86. The Labute approximate surface area is 127 Å². The van der Waals surface area contributed by atoms with Gasteiger partial charge in [-0.15, -0.1) is 0 Å². The molecule has 0 spiro atoms. The highest BCUT2D eigenvalue weighted by Crippen LogP contribution is 2.30. The molecule has 0 aliphatic heterocycles. The SMILES string of the molecule is CC(C)n1cc(C(=O)O)c2ccc(-c3ccccc3F)cc21. The lowest BCUT2D eigenvalue weighted by atomic mass is 10.0. The molecule has 0 amide bonds. The minimum absolute atomic E-state index is 0.117. The van der Waals surface area contributed by atoms with Crippen LogP contribution >= 0.6 is 0 Å². The molecular weight excluding hydrogens is 281 g/mol. The zero-order valence-corrected chi connectivity index (χ0v) is 12.4. The van der Waals surface area contributed by atoms with Gasteiger partial charge in [0.05, 0.1) is 5.56 Å². The fourth-order valence-electron chi connectivity index (χ4n) is 2.71. The Morgan fingerprint density at radius 2 is 1.91 bits per heavy atom. The van der Waals surface area contributed by atoms with Crippen molar-refractivity contribution in [1.82, 2.24) is 4.57 Å². The van der Waals surface area contributed by atoms with E-state index in [-0.39, 0.29) is 17.4 Å². The summed E-state index contributed by atoms with van der Waals surface area (Å²) in [6.07, 6.45) is 1.64. The van der Waals surface area contributed by atoms with E-state index in [4.69, 9.17) is 0 Å². The average molecular weight is 297 g/mol. The molecule has 112 valence electrons. The summed E-state index contributed by atoms with van der Waals surface area (Å²) < 4.78 is 15.9. The van der Waals surface area contributed by atoms with Crippen LogP contribution in [0, 0.1) is 5.82 Å². The predicted molar refractivity (Wildman–Crippen MR) is 84.7 cm³/mol. The molecule has 0 unspecified atom stereocenters. The van der Waals surface area contributed by atoms with Crippen LogP contribution in [0.3, 0.4) is 0 Å². The number of hydrogen-bond acceptors (Lipinski definition) is 1. The van der Waals surface area contributed by atoms with Gasteiger partial charge in [-0.2, -0.15) is 0 Å². The second kappa shape index (κ2) is 5.30. The molecule has 1 N–H and O–H groups in total. The Balaban J connectivity index is 2.28. The highest BCUT2D eigenvalue weighted by Gasteiger charge is 2.16. The number of benzene rings is 2. The normalized spacial score (nSPS) is 11.3. The lowest BCUT2D eigenvalue weighted by molar-refractivity contribution is 0.0698. The molecule has 3 nitrogen and oxygen atoms in total. The van der Waals surface area contributed by atoms with Gasteiger partial charge in [-0.05, 0) is 31.5 Å². The van der Waals surface area contributed by atoms with Gasteiger partial charge in [0.25, 0.3) is 0 Å². The third kappa shape index (κ3) is 2.26. The van der Waals surface area contributed by atoms with Gasteiger partial charge < -0.3 is 9.67 Å². The molecule has 2 aromatic carbocycles. The van der Waals surface area contributed by atoms with Gasteiger partial charge in [-0.3, -0.25) is 0 Å². The summed E-state index contributed by atoms with van der Waals surface area (Å²) >= 11 is 0. The van der Waals surface area contributed by atoms with E-state index in [0.29, 0.717) is 10.9 Å². The quantitative estimate of drug-likeness (QED) is 0.759. The van der Waals surface area contributed by atoms with E-state index < -0.39 is 5.97 Å². The first kappa shape index (κ1) is 14.3. The number of rotatable bonds is 3. The topological polar surface area (TPSA) is 42.2 Å². The van der Waals surface area contributed by atoms with Crippen LogP contribution in [0.2, 0.25) is 0 Å². The van der Waals surface area contributed by atoms with Gasteiger partial charge in [0, 0.05) is 28.7 Å². The molecule has 22 heavy (non-hydrogen) atoms. The maximum Gasteiger partial charge on any atom is 0.337 e. The number of halogens is 1. The molecule has 1 heterocycles. The summed E-state index contributed by atoms with van der Waals surface area (Å²) in [5.41, 5.74) is 2.32. The van der Waals surface area contributed by atoms with Crippen molar-refractivity contribution < 1.29 is 14.3 Å². The molecule has 0 radical (unpaired) electrons. The number of fused-ring (bicyclic) bond motifs is 1. The molecule has 3 aromatic rings. The first-order chi connectivity index (χ1) is 10.5. The minimum atomic E-state index is -0.956. The monoisotopic (exact) mass is 297 g/mol. The van der Waals surface area contributed by atoms with Gasteiger partial charge in [0.1, 0.15) is 5.82 Å². The number of aromatic carboxylic acids is 1. The van der Waals surface area contributed by atoms with Crippen LogP contribution in [0.1, 0.15) is 30.2 Å². The molecule has 1 aromatic heterocycles. The van der Waals surface area contributed by atoms with Gasteiger partial charge in [-0.1, -0.05) is 30.3 Å². The van der Waals surface area contributed by atoms with Crippen molar-refractivity contribution in [2.24, 2.45) is 0 Å². The largest absolute Gasteiger partial charge is 0.478 e. The van der Waals surface area contributed by atoms with Crippen LogP contribution in [0.25, 0.3) is 22.0 Å². The Morgan fingerprint density at radius 3 is 2.55 bits per heavy atom. The molecule has 0 bridgehead atoms. The second-order valence-corrected chi connectivity index (χ2v) is 5.56. The van der Waals surface area contributed by atoms with Crippen molar-refractivity contribution in [3.63, 3.8) is 0 Å². The van der Waals surface area contributed by atoms with Crippen molar-refractivity contribution in [3.8, 4) is 11.1 Å². The molecule has 3 rings (SSSR count). The Hall–Kier alpha value is -2.62. The van der Waals surface area contributed by atoms with E-state index in [1.165, 1.54) is 6.07 Å². The number of aromatic nitrogens is 1. The number of nitrogens with zero attached hydrogens (tertiary/aromatic N) is 1. The smallest absolute Gasteiger partial charge is 0.337 e. The van der Waals surface area contributed by atoms with Crippen molar-refractivity contribution >= 4 is 16.9 Å². The van der Waals surface area contributed by atoms with Crippen molar-refractivity contribution in [3.05, 3.63) is 60.0 Å². The Kier molecular flexibility index (Phi) is 3.45. The zero-order valence-electron chi connectivity index (χ0n) is 12.4. The van der Waals surface area contributed by atoms with Gasteiger partial charge >= 0.3 is 5.97 Å². The van der Waals surface area contributed by atoms with E-state index in [9.17, 15) is 14.3 Å². The molecule has 0 aliphatic rings. The maximum atomic E-state index is 14.0.